The summed E-state index contributed by atoms with van der Waals surface area (Å²) in [7, 11) is 0. The monoisotopic (exact) mass is 308 g/mol. The smallest absolute Gasteiger partial charge is 0.0679 e. The van der Waals surface area contributed by atoms with Crippen LogP contribution in [0.15, 0.2) is 12.2 Å². The van der Waals surface area contributed by atoms with Gasteiger partial charge in [-0.15, -0.1) is 0 Å². The summed E-state index contributed by atoms with van der Waals surface area (Å²) in [6.45, 7) is 17.0. The Labute approximate surface area is 137 Å². The van der Waals surface area contributed by atoms with Gasteiger partial charge in [0.25, 0.3) is 0 Å². The third kappa shape index (κ3) is 3.59. The second kappa shape index (κ2) is 6.65. The maximum Gasteiger partial charge on any atom is 0.0679 e. The second-order valence-electron chi connectivity index (χ2n) is 9.10. The van der Waals surface area contributed by atoms with Crippen LogP contribution in [0, 0.1) is 28.6 Å². The minimum Gasteiger partial charge on any atom is -0.393 e. The summed E-state index contributed by atoms with van der Waals surface area (Å²) in [5, 5.41) is 10.3. The summed E-state index contributed by atoms with van der Waals surface area (Å²) in [6.07, 6.45) is 5.84. The van der Waals surface area contributed by atoms with Gasteiger partial charge < -0.3 is 9.84 Å². The molecule has 0 heterocycles. The van der Waals surface area contributed by atoms with Crippen LogP contribution in [0.4, 0.5) is 0 Å². The number of hydrogen-bond donors (Lipinski definition) is 1. The molecule has 2 aliphatic rings. The lowest BCUT2D eigenvalue weighted by Crippen LogP contribution is -2.42. The van der Waals surface area contributed by atoms with E-state index in [-0.39, 0.29) is 11.5 Å². The van der Waals surface area contributed by atoms with Crippen molar-refractivity contribution in [3.63, 3.8) is 0 Å². The average molecular weight is 309 g/mol. The lowest BCUT2D eigenvalue weighted by atomic mass is 9.62. The average Bonchev–Trinajstić information content (AvgIpc) is 2.76. The van der Waals surface area contributed by atoms with E-state index in [9.17, 15) is 5.11 Å². The summed E-state index contributed by atoms with van der Waals surface area (Å²) in [5.41, 5.74) is 1.62. The molecular formula is C20H36O2. The first-order valence-corrected chi connectivity index (χ1v) is 9.10. The lowest BCUT2D eigenvalue weighted by molar-refractivity contribution is -0.0366. The minimum absolute atomic E-state index is 0.0717. The fourth-order valence-corrected chi connectivity index (χ4v) is 4.82. The van der Waals surface area contributed by atoms with Crippen LogP contribution < -0.4 is 0 Å². The normalized spacial score (nSPS) is 36.9. The van der Waals surface area contributed by atoms with E-state index < -0.39 is 0 Å². The molecule has 2 aliphatic carbocycles. The number of ether oxygens (including phenoxy) is 1. The molecule has 1 N–H and O–H groups in total. The van der Waals surface area contributed by atoms with Crippen LogP contribution in [0.1, 0.15) is 66.7 Å². The summed E-state index contributed by atoms with van der Waals surface area (Å²) in [5.74, 6) is 1.77. The summed E-state index contributed by atoms with van der Waals surface area (Å²) < 4.78 is 5.99. The third-order valence-corrected chi connectivity index (χ3v) is 6.57. The van der Waals surface area contributed by atoms with Crippen LogP contribution in [0.25, 0.3) is 0 Å². The molecule has 0 aliphatic heterocycles. The molecule has 0 unspecified atom stereocenters. The van der Waals surface area contributed by atoms with Crippen molar-refractivity contribution in [2.75, 3.05) is 13.2 Å². The van der Waals surface area contributed by atoms with E-state index in [1.807, 2.05) is 0 Å². The van der Waals surface area contributed by atoms with E-state index in [1.165, 1.54) is 31.3 Å². The Balaban J connectivity index is 1.88. The molecule has 2 fully saturated rings. The zero-order chi connectivity index (χ0) is 16.5. The van der Waals surface area contributed by atoms with Gasteiger partial charge in [0.2, 0.25) is 0 Å². The predicted octanol–water partition coefficient (Wildman–Crippen LogP) is 4.82. The molecule has 0 radical (unpaired) electrons. The van der Waals surface area contributed by atoms with Gasteiger partial charge in [0, 0.05) is 6.61 Å². The van der Waals surface area contributed by atoms with Crippen LogP contribution in [0.5, 0.6) is 0 Å². The fourth-order valence-electron chi connectivity index (χ4n) is 4.82. The molecule has 2 rings (SSSR count). The van der Waals surface area contributed by atoms with Crippen molar-refractivity contribution >= 4 is 0 Å². The van der Waals surface area contributed by atoms with Crippen molar-refractivity contribution in [2.45, 2.75) is 72.8 Å². The zero-order valence-corrected chi connectivity index (χ0v) is 15.3. The predicted molar refractivity (Wildman–Crippen MR) is 92.8 cm³/mol. The van der Waals surface area contributed by atoms with Gasteiger partial charge in [0.05, 0.1) is 12.7 Å². The highest BCUT2D eigenvalue weighted by Gasteiger charge is 2.52. The van der Waals surface area contributed by atoms with Gasteiger partial charge >= 0.3 is 0 Å². The standard InChI is InChI=1S/C20H36O2/c1-14(12-22-13-15(2)19(3,4)5)16-9-10-17-18(21)8-7-11-20(16,17)6/h14,16-18,21H,2,7-13H2,1,3-6H3/t14-,16-,17+,18+,20-/m1/s1. The van der Waals surface area contributed by atoms with Gasteiger partial charge in [-0.1, -0.05) is 47.6 Å². The minimum atomic E-state index is -0.0717. The number of aliphatic hydroxyl groups is 1. The van der Waals surface area contributed by atoms with Crippen molar-refractivity contribution in [3.05, 3.63) is 12.2 Å². The molecule has 0 spiro atoms. The number of rotatable bonds is 5. The first kappa shape index (κ1) is 18.0. The Kier molecular flexibility index (Phi) is 5.44. The first-order valence-electron chi connectivity index (χ1n) is 9.10. The van der Waals surface area contributed by atoms with Gasteiger partial charge in [-0.3, -0.25) is 0 Å². The molecule has 0 amide bonds. The molecule has 0 aromatic heterocycles. The van der Waals surface area contributed by atoms with Crippen molar-refractivity contribution in [3.8, 4) is 0 Å². The van der Waals surface area contributed by atoms with E-state index in [1.54, 1.807) is 0 Å². The van der Waals surface area contributed by atoms with Gasteiger partial charge in [0.15, 0.2) is 0 Å². The molecule has 22 heavy (non-hydrogen) atoms. The molecule has 128 valence electrons. The Bertz CT molecular complexity index is 395. The number of hydrogen-bond acceptors (Lipinski definition) is 2. The molecular weight excluding hydrogens is 272 g/mol. The third-order valence-electron chi connectivity index (χ3n) is 6.57. The van der Waals surface area contributed by atoms with Crippen LogP contribution in [-0.2, 0) is 4.74 Å². The molecule has 2 heteroatoms. The van der Waals surface area contributed by atoms with Crippen LogP contribution in [-0.4, -0.2) is 24.4 Å². The van der Waals surface area contributed by atoms with Gasteiger partial charge in [-0.2, -0.15) is 0 Å². The highest BCUT2D eigenvalue weighted by atomic mass is 16.5. The molecule has 2 saturated carbocycles. The Morgan fingerprint density at radius 1 is 1.32 bits per heavy atom. The summed E-state index contributed by atoms with van der Waals surface area (Å²) in [4.78, 5) is 0. The van der Waals surface area contributed by atoms with E-state index in [0.717, 1.165) is 13.0 Å². The Morgan fingerprint density at radius 2 is 2.00 bits per heavy atom. The SMILES string of the molecule is C=C(COC[C@@H](C)[C@H]1CC[C@H]2[C@@H](O)CCC[C@]12C)C(C)(C)C. The van der Waals surface area contributed by atoms with E-state index >= 15 is 0 Å². The molecule has 0 bridgehead atoms. The molecule has 0 saturated heterocycles. The largest absolute Gasteiger partial charge is 0.393 e. The van der Waals surface area contributed by atoms with Gasteiger partial charge in [0.1, 0.15) is 0 Å². The van der Waals surface area contributed by atoms with Crippen LogP contribution in [0.2, 0.25) is 0 Å². The molecule has 0 aromatic rings. The van der Waals surface area contributed by atoms with Crippen molar-refractivity contribution in [2.24, 2.45) is 28.6 Å². The van der Waals surface area contributed by atoms with Crippen molar-refractivity contribution in [1.29, 1.82) is 0 Å². The highest BCUT2D eigenvalue weighted by Crippen LogP contribution is 2.57. The summed E-state index contributed by atoms with van der Waals surface area (Å²) in [6, 6.07) is 0. The van der Waals surface area contributed by atoms with Crippen LogP contribution >= 0.6 is 0 Å². The number of aliphatic hydroxyl groups excluding tert-OH is 1. The molecule has 2 nitrogen and oxygen atoms in total. The van der Waals surface area contributed by atoms with Crippen molar-refractivity contribution < 1.29 is 9.84 Å². The Morgan fingerprint density at radius 3 is 2.64 bits per heavy atom. The summed E-state index contributed by atoms with van der Waals surface area (Å²) >= 11 is 0. The van der Waals surface area contributed by atoms with Crippen LogP contribution in [0.3, 0.4) is 0 Å². The Hall–Kier alpha value is -0.340. The lowest BCUT2D eigenvalue weighted by Gasteiger charge is -2.45. The van der Waals surface area contributed by atoms with Crippen molar-refractivity contribution in [1.82, 2.24) is 0 Å². The highest BCUT2D eigenvalue weighted by molar-refractivity contribution is 5.05. The van der Waals surface area contributed by atoms with E-state index in [4.69, 9.17) is 4.74 Å². The van der Waals surface area contributed by atoms with Gasteiger partial charge in [-0.25, -0.2) is 0 Å². The maximum absolute atomic E-state index is 10.3. The molecule has 5 atom stereocenters. The fraction of sp³-hybridized carbons (Fsp3) is 0.900. The van der Waals surface area contributed by atoms with E-state index in [0.29, 0.717) is 29.8 Å². The first-order chi connectivity index (χ1) is 10.2. The zero-order valence-electron chi connectivity index (χ0n) is 15.3. The number of fused-ring (bicyclic) bond motifs is 1. The second-order valence-corrected chi connectivity index (χ2v) is 9.10. The van der Waals surface area contributed by atoms with Gasteiger partial charge in [-0.05, 0) is 59.8 Å². The topological polar surface area (TPSA) is 29.5 Å². The quantitative estimate of drug-likeness (QED) is 0.738. The maximum atomic E-state index is 10.3. The molecule has 0 aromatic carbocycles. The van der Waals surface area contributed by atoms with E-state index in [2.05, 4.69) is 41.2 Å².